The Labute approximate surface area is 149 Å². The molecule has 0 aliphatic carbocycles. The number of carbonyl (C=O) groups is 1. The molecule has 1 heterocycles. The van der Waals surface area contributed by atoms with Crippen LogP contribution in [0, 0.1) is 0 Å². The van der Waals surface area contributed by atoms with Gasteiger partial charge in [-0.05, 0) is 36.4 Å². The molecule has 128 valence electrons. The van der Waals surface area contributed by atoms with E-state index in [-0.39, 0.29) is 5.91 Å². The molecule has 0 bridgehead atoms. The lowest BCUT2D eigenvalue weighted by Crippen LogP contribution is -2.11. The summed E-state index contributed by atoms with van der Waals surface area (Å²) in [5, 5.41) is 12.1. The minimum absolute atomic E-state index is 0.196. The van der Waals surface area contributed by atoms with Crippen molar-refractivity contribution in [2.45, 2.75) is 6.42 Å². The zero-order valence-corrected chi connectivity index (χ0v) is 14.5. The van der Waals surface area contributed by atoms with Gasteiger partial charge >= 0.3 is 0 Å². The standard InChI is InChI=1S/C18H17N3O3S/c1-23-14-7-9-15(10-8-14)24-12-11-16-20-21-18(25-16)19-17(22)13-5-3-2-4-6-13/h2-10H,11-12H2,1H3,(H,19,21,22). The molecule has 7 heteroatoms. The number of nitrogens with zero attached hydrogens (tertiary/aromatic N) is 2. The molecule has 1 amide bonds. The first-order valence-electron chi connectivity index (χ1n) is 7.70. The van der Waals surface area contributed by atoms with Crippen LogP contribution in [-0.4, -0.2) is 29.8 Å². The molecule has 6 nitrogen and oxygen atoms in total. The molecule has 1 N–H and O–H groups in total. The normalized spacial score (nSPS) is 10.3. The van der Waals surface area contributed by atoms with E-state index >= 15 is 0 Å². The van der Waals surface area contributed by atoms with E-state index in [1.54, 1.807) is 19.2 Å². The molecule has 0 spiro atoms. The van der Waals surface area contributed by atoms with Gasteiger partial charge in [0.2, 0.25) is 5.13 Å². The lowest BCUT2D eigenvalue weighted by molar-refractivity contribution is 0.102. The van der Waals surface area contributed by atoms with Gasteiger partial charge in [0, 0.05) is 12.0 Å². The largest absolute Gasteiger partial charge is 0.497 e. The summed E-state index contributed by atoms with van der Waals surface area (Å²) in [6.45, 7) is 0.480. The fourth-order valence-electron chi connectivity index (χ4n) is 2.09. The lowest BCUT2D eigenvalue weighted by atomic mass is 10.2. The Morgan fingerprint density at radius 3 is 2.48 bits per heavy atom. The molecule has 25 heavy (non-hydrogen) atoms. The Morgan fingerprint density at radius 1 is 1.04 bits per heavy atom. The van der Waals surface area contributed by atoms with E-state index in [0.29, 0.717) is 23.7 Å². The number of ether oxygens (including phenoxy) is 2. The van der Waals surface area contributed by atoms with Crippen molar-refractivity contribution in [3.63, 3.8) is 0 Å². The third kappa shape index (κ3) is 4.77. The van der Waals surface area contributed by atoms with Crippen LogP contribution in [0.1, 0.15) is 15.4 Å². The summed E-state index contributed by atoms with van der Waals surface area (Å²) < 4.78 is 10.8. The first kappa shape index (κ1) is 16.9. The average molecular weight is 355 g/mol. The van der Waals surface area contributed by atoms with Crippen LogP contribution in [0.4, 0.5) is 5.13 Å². The summed E-state index contributed by atoms with van der Waals surface area (Å²) in [4.78, 5) is 12.1. The Morgan fingerprint density at radius 2 is 1.76 bits per heavy atom. The zero-order chi connectivity index (χ0) is 17.5. The van der Waals surface area contributed by atoms with E-state index in [9.17, 15) is 4.79 Å². The molecule has 0 saturated carbocycles. The summed E-state index contributed by atoms with van der Waals surface area (Å²) >= 11 is 1.34. The molecule has 3 rings (SSSR count). The molecule has 0 aliphatic rings. The van der Waals surface area contributed by atoms with Crippen LogP contribution in [-0.2, 0) is 6.42 Å². The van der Waals surface area contributed by atoms with Gasteiger partial charge in [0.05, 0.1) is 13.7 Å². The minimum atomic E-state index is -0.196. The maximum atomic E-state index is 12.1. The molecule has 3 aromatic rings. The van der Waals surface area contributed by atoms with Crippen molar-refractivity contribution in [3.05, 3.63) is 65.2 Å². The zero-order valence-electron chi connectivity index (χ0n) is 13.6. The van der Waals surface area contributed by atoms with E-state index in [1.165, 1.54) is 11.3 Å². The number of amides is 1. The quantitative estimate of drug-likeness (QED) is 0.703. The van der Waals surface area contributed by atoms with Gasteiger partial charge in [0.15, 0.2) is 0 Å². The molecule has 0 radical (unpaired) electrons. The monoisotopic (exact) mass is 355 g/mol. The van der Waals surface area contributed by atoms with Gasteiger partial charge in [0.25, 0.3) is 5.91 Å². The summed E-state index contributed by atoms with van der Waals surface area (Å²) in [5.41, 5.74) is 0.585. The third-order valence-electron chi connectivity index (χ3n) is 3.37. The van der Waals surface area contributed by atoms with Crippen molar-refractivity contribution in [3.8, 4) is 11.5 Å². The molecule has 0 atom stereocenters. The summed E-state index contributed by atoms with van der Waals surface area (Å²) in [5.74, 6) is 1.36. The van der Waals surface area contributed by atoms with Crippen LogP contribution in [0.15, 0.2) is 54.6 Å². The number of hydrogen-bond donors (Lipinski definition) is 1. The molecule has 0 aliphatic heterocycles. The second-order valence-electron chi connectivity index (χ2n) is 5.10. The minimum Gasteiger partial charge on any atom is -0.497 e. The Bertz CT molecular complexity index is 819. The van der Waals surface area contributed by atoms with Crippen molar-refractivity contribution in [2.24, 2.45) is 0 Å². The Balaban J connectivity index is 1.49. The average Bonchev–Trinajstić information content (AvgIpc) is 3.10. The van der Waals surface area contributed by atoms with E-state index in [0.717, 1.165) is 16.5 Å². The van der Waals surface area contributed by atoms with Gasteiger partial charge in [-0.3, -0.25) is 10.1 Å². The fourth-order valence-corrected chi connectivity index (χ4v) is 2.81. The van der Waals surface area contributed by atoms with E-state index in [2.05, 4.69) is 15.5 Å². The smallest absolute Gasteiger partial charge is 0.257 e. The molecular formula is C18H17N3O3S. The van der Waals surface area contributed by atoms with Crippen LogP contribution in [0.5, 0.6) is 11.5 Å². The van der Waals surface area contributed by atoms with Gasteiger partial charge in [-0.2, -0.15) is 0 Å². The van der Waals surface area contributed by atoms with E-state index in [4.69, 9.17) is 9.47 Å². The Kier molecular flexibility index (Phi) is 5.58. The van der Waals surface area contributed by atoms with Crippen LogP contribution >= 0.6 is 11.3 Å². The van der Waals surface area contributed by atoms with Crippen LogP contribution in [0.3, 0.4) is 0 Å². The van der Waals surface area contributed by atoms with Crippen molar-refractivity contribution in [1.29, 1.82) is 0 Å². The van der Waals surface area contributed by atoms with Gasteiger partial charge in [-0.15, -0.1) is 10.2 Å². The highest BCUT2D eigenvalue weighted by Crippen LogP contribution is 2.19. The van der Waals surface area contributed by atoms with E-state index in [1.807, 2.05) is 42.5 Å². The van der Waals surface area contributed by atoms with Crippen molar-refractivity contribution in [1.82, 2.24) is 10.2 Å². The molecule has 1 aromatic heterocycles. The van der Waals surface area contributed by atoms with Gasteiger partial charge in [0.1, 0.15) is 16.5 Å². The Hall–Kier alpha value is -2.93. The van der Waals surface area contributed by atoms with Crippen molar-refractivity contribution in [2.75, 3.05) is 19.0 Å². The number of anilines is 1. The maximum Gasteiger partial charge on any atom is 0.257 e. The number of methoxy groups -OCH3 is 1. The second-order valence-corrected chi connectivity index (χ2v) is 6.16. The van der Waals surface area contributed by atoms with Crippen LogP contribution in [0.2, 0.25) is 0 Å². The predicted molar refractivity (Wildman–Crippen MR) is 96.5 cm³/mol. The topological polar surface area (TPSA) is 73.3 Å². The second kappa shape index (κ2) is 8.25. The third-order valence-corrected chi connectivity index (χ3v) is 4.27. The van der Waals surface area contributed by atoms with Crippen molar-refractivity contribution >= 4 is 22.4 Å². The predicted octanol–water partition coefficient (Wildman–Crippen LogP) is 3.42. The number of nitrogens with one attached hydrogen (secondary N) is 1. The van der Waals surface area contributed by atoms with Gasteiger partial charge < -0.3 is 9.47 Å². The highest BCUT2D eigenvalue weighted by Gasteiger charge is 2.10. The molecule has 2 aromatic carbocycles. The van der Waals surface area contributed by atoms with Gasteiger partial charge in [-0.25, -0.2) is 0 Å². The fraction of sp³-hybridized carbons (Fsp3) is 0.167. The summed E-state index contributed by atoms with van der Waals surface area (Å²) in [6, 6.07) is 16.4. The maximum absolute atomic E-state index is 12.1. The number of hydrogen-bond acceptors (Lipinski definition) is 6. The van der Waals surface area contributed by atoms with Crippen molar-refractivity contribution < 1.29 is 14.3 Å². The molecular weight excluding hydrogens is 338 g/mol. The lowest BCUT2D eigenvalue weighted by Gasteiger charge is -2.05. The highest BCUT2D eigenvalue weighted by atomic mass is 32.1. The summed E-state index contributed by atoms with van der Waals surface area (Å²) in [6.07, 6.45) is 0.616. The van der Waals surface area contributed by atoms with E-state index < -0.39 is 0 Å². The number of carbonyl (C=O) groups excluding carboxylic acids is 1. The summed E-state index contributed by atoms with van der Waals surface area (Å²) in [7, 11) is 1.62. The number of rotatable bonds is 7. The molecule has 0 saturated heterocycles. The van der Waals surface area contributed by atoms with Crippen LogP contribution in [0.25, 0.3) is 0 Å². The molecule has 0 unspecified atom stereocenters. The van der Waals surface area contributed by atoms with Crippen LogP contribution < -0.4 is 14.8 Å². The molecule has 0 fully saturated rings. The number of aromatic nitrogens is 2. The SMILES string of the molecule is COc1ccc(OCCc2nnc(NC(=O)c3ccccc3)s2)cc1. The first-order chi connectivity index (χ1) is 12.2. The first-order valence-corrected chi connectivity index (χ1v) is 8.52. The number of benzene rings is 2. The highest BCUT2D eigenvalue weighted by molar-refractivity contribution is 7.15. The van der Waals surface area contributed by atoms with Gasteiger partial charge in [-0.1, -0.05) is 29.5 Å².